The lowest BCUT2D eigenvalue weighted by atomic mass is 10.0. The minimum absolute atomic E-state index is 0.0829. The van der Waals surface area contributed by atoms with Gasteiger partial charge < -0.3 is 4.74 Å². The van der Waals surface area contributed by atoms with Gasteiger partial charge in [-0.25, -0.2) is 14.2 Å². The van der Waals surface area contributed by atoms with Gasteiger partial charge in [0.15, 0.2) is 5.69 Å². The van der Waals surface area contributed by atoms with E-state index < -0.39 is 23.5 Å². The summed E-state index contributed by atoms with van der Waals surface area (Å²) in [6, 6.07) is 2.50. The van der Waals surface area contributed by atoms with Gasteiger partial charge in [-0.05, 0) is 63.3 Å². The fourth-order valence-electron chi connectivity index (χ4n) is 2.66. The Bertz CT molecular complexity index is 787. The molecule has 0 unspecified atom stereocenters. The average Bonchev–Trinajstić information content (AvgIpc) is 2.96. The summed E-state index contributed by atoms with van der Waals surface area (Å²) in [6.07, 6.45) is -1.50. The maximum absolute atomic E-state index is 13.7. The highest BCUT2D eigenvalue weighted by Gasteiger charge is 2.30. The van der Waals surface area contributed by atoms with Crippen LogP contribution < -0.4 is 0 Å². The Balaban J connectivity index is 1.83. The second-order valence-corrected chi connectivity index (χ2v) is 7.39. The molecule has 0 aliphatic rings. The van der Waals surface area contributed by atoms with Gasteiger partial charge in [0.2, 0.25) is 0 Å². The maximum atomic E-state index is 13.7. The summed E-state index contributed by atoms with van der Waals surface area (Å²) >= 11 is 1.43. The molecule has 0 aliphatic heterocycles. The van der Waals surface area contributed by atoms with Crippen molar-refractivity contribution in [3.63, 3.8) is 0 Å². The predicted molar refractivity (Wildman–Crippen MR) is 95.5 cm³/mol. The molecule has 27 heavy (non-hydrogen) atoms. The van der Waals surface area contributed by atoms with Gasteiger partial charge in [0, 0.05) is 4.88 Å². The number of benzene rings is 1. The average molecular weight is 403 g/mol. The van der Waals surface area contributed by atoms with Gasteiger partial charge in [-0.3, -0.25) is 0 Å². The summed E-state index contributed by atoms with van der Waals surface area (Å²) in [7, 11) is 0. The lowest BCUT2D eigenvalue weighted by Gasteiger charge is -2.09. The summed E-state index contributed by atoms with van der Waals surface area (Å²) < 4.78 is 56.8. The number of esters is 1. The number of aromatic nitrogens is 1. The Morgan fingerprint density at radius 1 is 1.19 bits per heavy atom. The van der Waals surface area contributed by atoms with E-state index in [-0.39, 0.29) is 18.6 Å². The van der Waals surface area contributed by atoms with Crippen molar-refractivity contribution in [1.82, 2.24) is 4.98 Å². The number of alkyl halides is 3. The minimum atomic E-state index is -4.47. The number of nitrogens with zero attached hydrogens (tertiary/aromatic N) is 1. The number of aryl methyl sites for hydroxylation is 3. The number of hydrogen-bond acceptors (Lipinski definition) is 4. The molecule has 0 radical (unpaired) electrons. The summed E-state index contributed by atoms with van der Waals surface area (Å²) in [4.78, 5) is 16.8. The van der Waals surface area contributed by atoms with Gasteiger partial charge in [0.05, 0.1) is 17.2 Å². The molecule has 0 fully saturated rings. The van der Waals surface area contributed by atoms with E-state index in [4.69, 9.17) is 4.74 Å². The number of hydrogen-bond donors (Lipinski definition) is 0. The lowest BCUT2D eigenvalue weighted by Crippen LogP contribution is -2.06. The molecule has 1 heterocycles. The molecular weight excluding hydrogens is 382 g/mol. The first-order valence-corrected chi connectivity index (χ1v) is 9.53. The fraction of sp³-hybridized carbons (Fsp3) is 0.474. The van der Waals surface area contributed by atoms with E-state index in [1.807, 2.05) is 6.92 Å². The van der Waals surface area contributed by atoms with E-state index in [1.165, 1.54) is 11.3 Å². The Morgan fingerprint density at radius 3 is 2.56 bits per heavy atom. The summed E-state index contributed by atoms with van der Waals surface area (Å²) in [5.74, 6) is -1.05. The first kappa shape index (κ1) is 21.3. The predicted octanol–water partition coefficient (Wildman–Crippen LogP) is 5.74. The summed E-state index contributed by atoms with van der Waals surface area (Å²) in [6.45, 7) is 3.83. The van der Waals surface area contributed by atoms with Crippen molar-refractivity contribution in [1.29, 1.82) is 0 Å². The molecule has 1 aromatic carbocycles. The molecule has 2 rings (SSSR count). The highest BCUT2D eigenvalue weighted by Crippen LogP contribution is 2.30. The van der Waals surface area contributed by atoms with E-state index in [2.05, 4.69) is 4.98 Å². The van der Waals surface area contributed by atoms with Crippen molar-refractivity contribution in [2.45, 2.75) is 52.1 Å². The van der Waals surface area contributed by atoms with Crippen molar-refractivity contribution < 1.29 is 27.1 Å². The van der Waals surface area contributed by atoms with Crippen LogP contribution in [0.2, 0.25) is 0 Å². The number of ether oxygens (including phenoxy) is 1. The molecule has 3 nitrogen and oxygen atoms in total. The van der Waals surface area contributed by atoms with Crippen molar-refractivity contribution >= 4 is 17.3 Å². The second-order valence-electron chi connectivity index (χ2n) is 6.10. The summed E-state index contributed by atoms with van der Waals surface area (Å²) in [5.41, 5.74) is -0.411. The number of thiazole rings is 1. The Hall–Kier alpha value is -1.96. The van der Waals surface area contributed by atoms with Gasteiger partial charge in [-0.1, -0.05) is 6.42 Å². The van der Waals surface area contributed by atoms with E-state index in [0.29, 0.717) is 18.5 Å². The Labute approximate surface area is 159 Å². The van der Waals surface area contributed by atoms with E-state index in [9.17, 15) is 22.4 Å². The smallest absolute Gasteiger partial charge is 0.416 e. The largest absolute Gasteiger partial charge is 0.461 e. The molecule has 0 spiro atoms. The highest BCUT2D eigenvalue weighted by atomic mass is 32.1. The molecule has 1 aromatic heterocycles. The van der Waals surface area contributed by atoms with Crippen LogP contribution in [0.25, 0.3) is 0 Å². The standard InChI is InChI=1S/C19H21F4NO2S/c1-3-26-18(25)17-12(2)27-16(24-17)8-6-4-5-7-13-11-14(19(21,22)23)9-10-15(13)20/h9-11H,3-8H2,1-2H3. The van der Waals surface area contributed by atoms with Crippen LogP contribution in [0.3, 0.4) is 0 Å². The van der Waals surface area contributed by atoms with Crippen LogP contribution in [0.1, 0.15) is 57.7 Å². The van der Waals surface area contributed by atoms with Gasteiger partial charge >= 0.3 is 12.1 Å². The lowest BCUT2D eigenvalue weighted by molar-refractivity contribution is -0.137. The number of carbonyl (C=O) groups excluding carboxylic acids is 1. The van der Waals surface area contributed by atoms with Crippen molar-refractivity contribution in [2.75, 3.05) is 6.61 Å². The van der Waals surface area contributed by atoms with Crippen LogP contribution in [-0.4, -0.2) is 17.6 Å². The monoisotopic (exact) mass is 403 g/mol. The van der Waals surface area contributed by atoms with Gasteiger partial charge in [0.1, 0.15) is 5.82 Å². The number of carbonyl (C=O) groups is 1. The van der Waals surface area contributed by atoms with E-state index in [1.54, 1.807) is 6.92 Å². The fourth-order valence-corrected chi connectivity index (χ4v) is 3.62. The molecule has 2 aromatic rings. The quantitative estimate of drug-likeness (QED) is 0.320. The van der Waals surface area contributed by atoms with Crippen LogP contribution >= 0.6 is 11.3 Å². The third-order valence-corrected chi connectivity index (χ3v) is 5.05. The minimum Gasteiger partial charge on any atom is -0.461 e. The van der Waals surface area contributed by atoms with E-state index in [0.717, 1.165) is 40.9 Å². The van der Waals surface area contributed by atoms with Crippen LogP contribution in [0.15, 0.2) is 18.2 Å². The molecular formula is C19H21F4NO2S. The van der Waals surface area contributed by atoms with E-state index >= 15 is 0 Å². The molecule has 0 atom stereocenters. The van der Waals surface area contributed by atoms with Crippen LogP contribution in [0, 0.1) is 12.7 Å². The zero-order valence-electron chi connectivity index (χ0n) is 15.2. The zero-order valence-corrected chi connectivity index (χ0v) is 16.0. The molecule has 8 heteroatoms. The molecule has 0 saturated carbocycles. The Kier molecular flexibility index (Phi) is 7.35. The topological polar surface area (TPSA) is 39.2 Å². The number of rotatable bonds is 8. The summed E-state index contributed by atoms with van der Waals surface area (Å²) in [5, 5.41) is 0.820. The SMILES string of the molecule is CCOC(=O)c1nc(CCCCCc2cc(C(F)(F)F)ccc2F)sc1C. The zero-order chi connectivity index (χ0) is 20.0. The highest BCUT2D eigenvalue weighted by molar-refractivity contribution is 7.11. The molecule has 0 saturated heterocycles. The third-order valence-electron chi connectivity index (χ3n) is 4.02. The molecule has 0 amide bonds. The van der Waals surface area contributed by atoms with Crippen molar-refractivity contribution in [3.05, 3.63) is 50.7 Å². The normalized spacial score (nSPS) is 11.6. The van der Waals surface area contributed by atoms with Crippen molar-refractivity contribution in [3.8, 4) is 0 Å². The third kappa shape index (κ3) is 6.02. The first-order valence-electron chi connectivity index (χ1n) is 8.71. The van der Waals surface area contributed by atoms with Gasteiger partial charge in [-0.15, -0.1) is 11.3 Å². The van der Waals surface area contributed by atoms with Gasteiger partial charge in [0.25, 0.3) is 0 Å². The molecule has 0 N–H and O–H groups in total. The number of unbranched alkanes of at least 4 members (excludes halogenated alkanes) is 2. The molecule has 0 aliphatic carbocycles. The van der Waals surface area contributed by atoms with Crippen molar-refractivity contribution in [2.24, 2.45) is 0 Å². The first-order chi connectivity index (χ1) is 12.7. The number of halogens is 4. The molecule has 148 valence electrons. The van der Waals surface area contributed by atoms with Crippen LogP contribution in [-0.2, 0) is 23.8 Å². The van der Waals surface area contributed by atoms with Crippen LogP contribution in [0.4, 0.5) is 17.6 Å². The van der Waals surface area contributed by atoms with Gasteiger partial charge in [-0.2, -0.15) is 13.2 Å². The van der Waals surface area contributed by atoms with Crippen LogP contribution in [0.5, 0.6) is 0 Å². The molecule has 0 bridgehead atoms. The Morgan fingerprint density at radius 2 is 1.89 bits per heavy atom. The maximum Gasteiger partial charge on any atom is 0.416 e. The second kappa shape index (κ2) is 9.30.